The number of aromatic nitrogens is 3. The second kappa shape index (κ2) is 6.58. The quantitative estimate of drug-likeness (QED) is 0.911. The van der Waals surface area contributed by atoms with E-state index in [4.69, 9.17) is 0 Å². The van der Waals surface area contributed by atoms with Gasteiger partial charge in [-0.1, -0.05) is 0 Å². The predicted octanol–water partition coefficient (Wildman–Crippen LogP) is 1.69. The molecule has 2 heterocycles. The zero-order valence-electron chi connectivity index (χ0n) is 10.8. The minimum Gasteiger partial charge on any atom is -0.338 e. The number of urea groups is 1. The second-order valence-electron chi connectivity index (χ2n) is 4.03. The standard InChI is InChI=1S/C11H15N5OS2/c1-8-14-15-10(19-8)3-4-12-11(17)16(2)5-9-6-18-7-13-9/h6-7H,3-5H2,1-2H3,(H,12,17). The lowest BCUT2D eigenvalue weighted by atomic mass is 10.4. The van der Waals surface area contributed by atoms with Gasteiger partial charge in [0.2, 0.25) is 0 Å². The third-order valence-electron chi connectivity index (χ3n) is 2.41. The van der Waals surface area contributed by atoms with Gasteiger partial charge in [0.05, 0.1) is 17.7 Å². The summed E-state index contributed by atoms with van der Waals surface area (Å²) < 4.78 is 0. The number of carbonyl (C=O) groups is 1. The average molecular weight is 297 g/mol. The first-order chi connectivity index (χ1) is 9.15. The van der Waals surface area contributed by atoms with Gasteiger partial charge in [-0.25, -0.2) is 9.78 Å². The Labute approximate surface area is 119 Å². The van der Waals surface area contributed by atoms with Crippen LogP contribution in [0.5, 0.6) is 0 Å². The minimum atomic E-state index is -0.103. The van der Waals surface area contributed by atoms with Gasteiger partial charge in [0.15, 0.2) is 0 Å². The van der Waals surface area contributed by atoms with Crippen molar-refractivity contribution in [1.82, 2.24) is 25.4 Å². The Morgan fingerprint density at radius 1 is 1.47 bits per heavy atom. The van der Waals surface area contributed by atoms with E-state index in [0.29, 0.717) is 19.5 Å². The van der Waals surface area contributed by atoms with Gasteiger partial charge < -0.3 is 10.2 Å². The Morgan fingerprint density at radius 2 is 2.32 bits per heavy atom. The largest absolute Gasteiger partial charge is 0.338 e. The summed E-state index contributed by atoms with van der Waals surface area (Å²) in [7, 11) is 1.75. The first-order valence-electron chi connectivity index (χ1n) is 5.80. The fraction of sp³-hybridized carbons (Fsp3) is 0.455. The predicted molar refractivity (Wildman–Crippen MR) is 75.3 cm³/mol. The van der Waals surface area contributed by atoms with Crippen LogP contribution in [0, 0.1) is 6.92 Å². The van der Waals surface area contributed by atoms with Crippen LogP contribution in [0.4, 0.5) is 4.79 Å². The molecule has 0 atom stereocenters. The molecule has 0 radical (unpaired) electrons. The van der Waals surface area contributed by atoms with Crippen molar-refractivity contribution < 1.29 is 4.79 Å². The van der Waals surface area contributed by atoms with Crippen molar-refractivity contribution in [1.29, 1.82) is 0 Å². The molecule has 0 spiro atoms. The maximum Gasteiger partial charge on any atom is 0.317 e. The van der Waals surface area contributed by atoms with Gasteiger partial charge in [0.25, 0.3) is 0 Å². The number of hydrogen-bond donors (Lipinski definition) is 1. The summed E-state index contributed by atoms with van der Waals surface area (Å²) in [5.74, 6) is 0. The number of rotatable bonds is 5. The molecule has 0 aliphatic rings. The molecular weight excluding hydrogens is 282 g/mol. The fourth-order valence-corrected chi connectivity index (χ4v) is 2.74. The lowest BCUT2D eigenvalue weighted by Crippen LogP contribution is -2.37. The first kappa shape index (κ1) is 13.9. The number of hydrogen-bond acceptors (Lipinski definition) is 6. The molecule has 2 aromatic heterocycles. The topological polar surface area (TPSA) is 71.0 Å². The molecule has 0 bridgehead atoms. The Morgan fingerprint density at radius 3 is 2.95 bits per heavy atom. The number of nitrogens with one attached hydrogen (secondary N) is 1. The summed E-state index contributed by atoms with van der Waals surface area (Å²) in [6, 6.07) is -0.103. The number of nitrogens with zero attached hydrogens (tertiary/aromatic N) is 4. The fourth-order valence-electron chi connectivity index (χ4n) is 1.48. The van der Waals surface area contributed by atoms with Gasteiger partial charge in [-0.15, -0.1) is 32.9 Å². The Kier molecular flexibility index (Phi) is 4.80. The van der Waals surface area contributed by atoms with E-state index in [1.165, 1.54) is 11.3 Å². The maximum absolute atomic E-state index is 11.8. The van der Waals surface area contributed by atoms with E-state index in [0.717, 1.165) is 15.7 Å². The van der Waals surface area contributed by atoms with Crippen LogP contribution >= 0.6 is 22.7 Å². The van der Waals surface area contributed by atoms with Crippen LogP contribution in [0.25, 0.3) is 0 Å². The molecule has 2 aromatic rings. The Bertz CT molecular complexity index is 525. The van der Waals surface area contributed by atoms with Crippen LogP contribution in [0.2, 0.25) is 0 Å². The summed E-state index contributed by atoms with van der Waals surface area (Å²) in [6.07, 6.45) is 0.710. The third-order valence-corrected chi connectivity index (χ3v) is 3.95. The van der Waals surface area contributed by atoms with Crippen LogP contribution < -0.4 is 5.32 Å². The van der Waals surface area contributed by atoms with Crippen molar-refractivity contribution in [3.63, 3.8) is 0 Å². The van der Waals surface area contributed by atoms with Crippen LogP contribution in [0.1, 0.15) is 15.7 Å². The van der Waals surface area contributed by atoms with Crippen LogP contribution in [0.15, 0.2) is 10.9 Å². The van der Waals surface area contributed by atoms with Crippen LogP contribution in [-0.4, -0.2) is 39.7 Å². The average Bonchev–Trinajstić information content (AvgIpc) is 3.01. The molecule has 0 aromatic carbocycles. The molecule has 6 nitrogen and oxygen atoms in total. The van der Waals surface area contributed by atoms with Crippen molar-refractivity contribution >= 4 is 28.7 Å². The molecule has 0 saturated heterocycles. The highest BCUT2D eigenvalue weighted by atomic mass is 32.1. The summed E-state index contributed by atoms with van der Waals surface area (Å²) in [6.45, 7) is 3.00. The summed E-state index contributed by atoms with van der Waals surface area (Å²) in [4.78, 5) is 17.6. The molecule has 8 heteroatoms. The number of amides is 2. The van der Waals surface area contributed by atoms with Gasteiger partial charge in [-0.05, 0) is 6.92 Å². The monoisotopic (exact) mass is 297 g/mol. The normalized spacial score (nSPS) is 10.4. The molecule has 0 unspecified atom stereocenters. The van der Waals surface area contributed by atoms with E-state index in [1.54, 1.807) is 28.8 Å². The molecule has 2 rings (SSSR count). The van der Waals surface area contributed by atoms with E-state index in [2.05, 4.69) is 20.5 Å². The smallest absolute Gasteiger partial charge is 0.317 e. The highest BCUT2D eigenvalue weighted by Crippen LogP contribution is 2.08. The highest BCUT2D eigenvalue weighted by Gasteiger charge is 2.09. The minimum absolute atomic E-state index is 0.103. The lowest BCUT2D eigenvalue weighted by Gasteiger charge is -2.16. The number of thiazole rings is 1. The van der Waals surface area contributed by atoms with Crippen molar-refractivity contribution in [2.75, 3.05) is 13.6 Å². The van der Waals surface area contributed by atoms with Gasteiger partial charge in [0.1, 0.15) is 10.0 Å². The summed E-state index contributed by atoms with van der Waals surface area (Å²) >= 11 is 3.08. The molecule has 0 aliphatic heterocycles. The molecule has 1 N–H and O–H groups in total. The first-order valence-corrected chi connectivity index (χ1v) is 7.56. The maximum atomic E-state index is 11.8. The van der Waals surface area contributed by atoms with E-state index < -0.39 is 0 Å². The van der Waals surface area contributed by atoms with E-state index >= 15 is 0 Å². The zero-order chi connectivity index (χ0) is 13.7. The lowest BCUT2D eigenvalue weighted by molar-refractivity contribution is 0.206. The number of carbonyl (C=O) groups excluding carboxylic acids is 1. The van der Waals surface area contributed by atoms with E-state index in [-0.39, 0.29) is 6.03 Å². The van der Waals surface area contributed by atoms with Gasteiger partial charge in [-0.3, -0.25) is 0 Å². The highest BCUT2D eigenvalue weighted by molar-refractivity contribution is 7.11. The van der Waals surface area contributed by atoms with Gasteiger partial charge in [0, 0.05) is 25.4 Å². The Balaban J connectivity index is 1.71. The zero-order valence-corrected chi connectivity index (χ0v) is 12.4. The van der Waals surface area contributed by atoms with Crippen molar-refractivity contribution in [3.8, 4) is 0 Å². The molecule has 0 saturated carbocycles. The van der Waals surface area contributed by atoms with Crippen molar-refractivity contribution in [2.45, 2.75) is 19.9 Å². The van der Waals surface area contributed by atoms with E-state index in [9.17, 15) is 4.79 Å². The molecule has 19 heavy (non-hydrogen) atoms. The van der Waals surface area contributed by atoms with Gasteiger partial charge in [-0.2, -0.15) is 0 Å². The van der Waals surface area contributed by atoms with E-state index in [1.807, 2.05) is 12.3 Å². The molecule has 102 valence electrons. The van der Waals surface area contributed by atoms with Crippen molar-refractivity contribution in [3.05, 3.63) is 26.6 Å². The summed E-state index contributed by atoms with van der Waals surface area (Å²) in [5, 5.41) is 14.6. The Hall–Kier alpha value is -1.54. The molecule has 0 fully saturated rings. The van der Waals surface area contributed by atoms with Crippen LogP contribution in [-0.2, 0) is 13.0 Å². The molecule has 2 amide bonds. The SMILES string of the molecule is Cc1nnc(CCNC(=O)N(C)Cc2cscn2)s1. The third kappa shape index (κ3) is 4.25. The van der Waals surface area contributed by atoms with Crippen LogP contribution in [0.3, 0.4) is 0 Å². The number of aryl methyl sites for hydroxylation is 1. The summed E-state index contributed by atoms with van der Waals surface area (Å²) in [5.41, 5.74) is 2.67. The van der Waals surface area contributed by atoms with Gasteiger partial charge >= 0.3 is 6.03 Å². The second-order valence-corrected chi connectivity index (χ2v) is 6.02. The van der Waals surface area contributed by atoms with Crippen molar-refractivity contribution in [2.24, 2.45) is 0 Å². The molecule has 0 aliphatic carbocycles. The molecular formula is C11H15N5OS2.